The lowest BCUT2D eigenvalue weighted by Crippen LogP contribution is -2.10. The minimum absolute atomic E-state index is 0.0368. The first kappa shape index (κ1) is 13.1. The predicted octanol–water partition coefficient (Wildman–Crippen LogP) is 3.21. The van der Waals surface area contributed by atoms with Crippen LogP contribution in [0.15, 0.2) is 18.2 Å². The summed E-state index contributed by atoms with van der Waals surface area (Å²) < 4.78 is 37.6. The molecule has 0 N–H and O–H groups in total. The Balaban J connectivity index is 3.40. The Hall–Kier alpha value is -1.92. The number of ketones is 1. The second kappa shape index (κ2) is 4.52. The first-order chi connectivity index (χ1) is 7.77. The molecule has 0 heterocycles. The normalized spacial score (nSPS) is 11.3. The van der Waals surface area contributed by atoms with Crippen molar-refractivity contribution in [1.29, 1.82) is 0 Å². The number of rotatable bonds is 3. The van der Waals surface area contributed by atoms with E-state index in [1.165, 1.54) is 6.92 Å². The maximum atomic E-state index is 12.5. The molecule has 0 fully saturated rings. The van der Waals surface area contributed by atoms with Crippen LogP contribution in [-0.4, -0.2) is 10.7 Å². The highest BCUT2D eigenvalue weighted by Crippen LogP contribution is 2.36. The maximum absolute atomic E-state index is 12.5. The van der Waals surface area contributed by atoms with E-state index in [2.05, 4.69) is 0 Å². The Kier molecular flexibility index (Phi) is 3.50. The molecule has 0 radical (unpaired) electrons. The van der Waals surface area contributed by atoms with Gasteiger partial charge in [0.1, 0.15) is 5.56 Å². The summed E-state index contributed by atoms with van der Waals surface area (Å²) in [6.45, 7) is 1.50. The van der Waals surface area contributed by atoms with E-state index in [1.54, 1.807) is 0 Å². The third-order valence-electron chi connectivity index (χ3n) is 2.14. The number of nitro benzene ring substituents is 1. The lowest BCUT2D eigenvalue weighted by Gasteiger charge is -2.08. The summed E-state index contributed by atoms with van der Waals surface area (Å²) in [5.41, 5.74) is -2.63. The second-order valence-electron chi connectivity index (χ2n) is 3.26. The largest absolute Gasteiger partial charge is 0.423 e. The molecular formula is C10H8F3NO3. The third kappa shape index (κ3) is 2.80. The average molecular weight is 247 g/mol. The summed E-state index contributed by atoms with van der Waals surface area (Å²) in [4.78, 5) is 20.6. The van der Waals surface area contributed by atoms with E-state index in [0.717, 1.165) is 6.07 Å². The SMILES string of the molecule is CCC(=O)c1ccc([N+](=O)[O-])c(C(F)(F)F)c1. The standard InChI is InChI=1S/C10H8F3NO3/c1-2-9(15)6-3-4-8(14(16)17)7(5-6)10(11,12)13/h3-5H,2H2,1H3. The zero-order valence-corrected chi connectivity index (χ0v) is 8.75. The molecule has 0 bridgehead atoms. The topological polar surface area (TPSA) is 60.2 Å². The van der Waals surface area contributed by atoms with Crippen molar-refractivity contribution in [1.82, 2.24) is 0 Å². The van der Waals surface area contributed by atoms with Crippen LogP contribution in [0.2, 0.25) is 0 Å². The molecule has 4 nitrogen and oxygen atoms in total. The number of carbonyl (C=O) groups excluding carboxylic acids is 1. The van der Waals surface area contributed by atoms with Gasteiger partial charge in [0.25, 0.3) is 5.69 Å². The predicted molar refractivity (Wildman–Crippen MR) is 52.7 cm³/mol. The summed E-state index contributed by atoms with van der Waals surface area (Å²) in [6, 6.07) is 2.24. The van der Waals surface area contributed by atoms with Gasteiger partial charge in [-0.05, 0) is 12.1 Å². The van der Waals surface area contributed by atoms with Crippen LogP contribution >= 0.6 is 0 Å². The van der Waals surface area contributed by atoms with Crippen LogP contribution < -0.4 is 0 Å². The summed E-state index contributed by atoms with van der Waals surface area (Å²) in [6.07, 6.45) is -4.82. The quantitative estimate of drug-likeness (QED) is 0.468. The Labute approximate surface area is 94.2 Å². The number of alkyl halides is 3. The number of benzene rings is 1. The molecule has 0 saturated heterocycles. The Morgan fingerprint density at radius 3 is 2.41 bits per heavy atom. The Bertz CT molecular complexity index is 468. The van der Waals surface area contributed by atoms with Crippen LogP contribution in [0.3, 0.4) is 0 Å². The number of nitrogens with zero attached hydrogens (tertiary/aromatic N) is 1. The molecule has 0 aliphatic heterocycles. The van der Waals surface area contributed by atoms with Gasteiger partial charge >= 0.3 is 6.18 Å². The molecule has 92 valence electrons. The van der Waals surface area contributed by atoms with Crippen LogP contribution in [0.1, 0.15) is 29.3 Å². The van der Waals surface area contributed by atoms with Crippen LogP contribution in [0.25, 0.3) is 0 Å². The molecular weight excluding hydrogens is 239 g/mol. The molecule has 0 spiro atoms. The number of hydrogen-bond donors (Lipinski definition) is 0. The Morgan fingerprint density at radius 2 is 2.00 bits per heavy atom. The van der Waals surface area contributed by atoms with E-state index >= 15 is 0 Å². The van der Waals surface area contributed by atoms with Gasteiger partial charge in [0.15, 0.2) is 5.78 Å². The molecule has 0 aliphatic carbocycles. The van der Waals surface area contributed by atoms with Gasteiger partial charge in [-0.15, -0.1) is 0 Å². The number of halogens is 3. The fourth-order valence-electron chi connectivity index (χ4n) is 1.30. The first-order valence-electron chi connectivity index (χ1n) is 4.66. The minimum atomic E-state index is -4.85. The van der Waals surface area contributed by atoms with Gasteiger partial charge in [0.05, 0.1) is 4.92 Å². The van der Waals surface area contributed by atoms with Crippen molar-refractivity contribution in [2.24, 2.45) is 0 Å². The van der Waals surface area contributed by atoms with E-state index in [4.69, 9.17) is 0 Å². The molecule has 0 saturated carbocycles. The number of hydrogen-bond acceptors (Lipinski definition) is 3. The summed E-state index contributed by atoms with van der Waals surface area (Å²) in [5.74, 6) is -0.495. The number of nitro groups is 1. The van der Waals surface area contributed by atoms with Gasteiger partial charge in [0, 0.05) is 18.1 Å². The number of carbonyl (C=O) groups is 1. The molecule has 0 amide bonds. The average Bonchev–Trinajstić information content (AvgIpc) is 2.25. The van der Waals surface area contributed by atoms with Gasteiger partial charge in [-0.2, -0.15) is 13.2 Å². The summed E-state index contributed by atoms with van der Waals surface area (Å²) in [5, 5.41) is 10.4. The van der Waals surface area contributed by atoms with Gasteiger partial charge in [-0.1, -0.05) is 6.92 Å². The highest BCUT2D eigenvalue weighted by molar-refractivity contribution is 5.96. The molecule has 1 aromatic carbocycles. The molecule has 7 heteroatoms. The highest BCUT2D eigenvalue weighted by Gasteiger charge is 2.38. The lowest BCUT2D eigenvalue weighted by atomic mass is 10.0. The molecule has 17 heavy (non-hydrogen) atoms. The smallest absolute Gasteiger partial charge is 0.294 e. The van der Waals surface area contributed by atoms with Crippen molar-refractivity contribution in [3.8, 4) is 0 Å². The van der Waals surface area contributed by atoms with Crippen molar-refractivity contribution in [3.05, 3.63) is 39.4 Å². The van der Waals surface area contributed by atoms with Crippen molar-refractivity contribution in [2.45, 2.75) is 19.5 Å². The lowest BCUT2D eigenvalue weighted by molar-refractivity contribution is -0.388. The zero-order valence-electron chi connectivity index (χ0n) is 8.75. The highest BCUT2D eigenvalue weighted by atomic mass is 19.4. The molecule has 0 atom stereocenters. The van der Waals surface area contributed by atoms with E-state index < -0.39 is 28.1 Å². The van der Waals surface area contributed by atoms with Crippen LogP contribution in [0.4, 0.5) is 18.9 Å². The maximum Gasteiger partial charge on any atom is 0.423 e. The minimum Gasteiger partial charge on any atom is -0.294 e. The molecule has 0 unspecified atom stereocenters. The monoisotopic (exact) mass is 247 g/mol. The van der Waals surface area contributed by atoms with Gasteiger partial charge < -0.3 is 0 Å². The van der Waals surface area contributed by atoms with E-state index in [1.807, 2.05) is 0 Å². The molecule has 0 aliphatic rings. The second-order valence-corrected chi connectivity index (χ2v) is 3.26. The van der Waals surface area contributed by atoms with Crippen LogP contribution in [0.5, 0.6) is 0 Å². The van der Waals surface area contributed by atoms with Crippen molar-refractivity contribution >= 4 is 11.5 Å². The number of Topliss-reactive ketones (excluding diaryl/α,β-unsaturated/α-hetero) is 1. The van der Waals surface area contributed by atoms with Gasteiger partial charge in [-0.3, -0.25) is 14.9 Å². The van der Waals surface area contributed by atoms with E-state index in [0.29, 0.717) is 12.1 Å². The van der Waals surface area contributed by atoms with E-state index in [9.17, 15) is 28.1 Å². The van der Waals surface area contributed by atoms with E-state index in [-0.39, 0.29) is 12.0 Å². The first-order valence-corrected chi connectivity index (χ1v) is 4.66. The molecule has 1 rings (SSSR count). The van der Waals surface area contributed by atoms with Crippen molar-refractivity contribution in [2.75, 3.05) is 0 Å². The van der Waals surface area contributed by atoms with Gasteiger partial charge in [-0.25, -0.2) is 0 Å². The van der Waals surface area contributed by atoms with Crippen LogP contribution in [0, 0.1) is 10.1 Å². The zero-order chi connectivity index (χ0) is 13.2. The molecule has 0 aromatic heterocycles. The summed E-state index contributed by atoms with van der Waals surface area (Å²) in [7, 11) is 0. The third-order valence-corrected chi connectivity index (χ3v) is 2.14. The summed E-state index contributed by atoms with van der Waals surface area (Å²) >= 11 is 0. The fourth-order valence-corrected chi connectivity index (χ4v) is 1.30. The van der Waals surface area contributed by atoms with Crippen molar-refractivity contribution < 1.29 is 22.9 Å². The van der Waals surface area contributed by atoms with Crippen LogP contribution in [-0.2, 0) is 6.18 Å². The Morgan fingerprint density at radius 1 is 1.41 bits per heavy atom. The van der Waals surface area contributed by atoms with Crippen molar-refractivity contribution in [3.63, 3.8) is 0 Å². The molecule has 1 aromatic rings. The van der Waals surface area contributed by atoms with Gasteiger partial charge in [0.2, 0.25) is 0 Å². The fraction of sp³-hybridized carbons (Fsp3) is 0.300.